The molecular formula is C12H18O2S. The van der Waals surface area contributed by atoms with Gasteiger partial charge in [0.1, 0.15) is 12.4 Å². The van der Waals surface area contributed by atoms with Crippen LogP contribution in [-0.2, 0) is 0 Å². The van der Waals surface area contributed by atoms with Crippen molar-refractivity contribution in [1.29, 1.82) is 0 Å². The Morgan fingerprint density at radius 3 is 2.53 bits per heavy atom. The average Bonchev–Trinajstić information content (AvgIpc) is 2.28. The molecule has 84 valence electrons. The first-order valence-corrected chi connectivity index (χ1v) is 6.14. The first kappa shape index (κ1) is 12.4. The van der Waals surface area contributed by atoms with Crippen LogP contribution in [0.4, 0.5) is 0 Å². The van der Waals surface area contributed by atoms with E-state index < -0.39 is 0 Å². The van der Waals surface area contributed by atoms with Gasteiger partial charge in [-0.1, -0.05) is 13.8 Å². The van der Waals surface area contributed by atoms with Crippen LogP contribution in [0.3, 0.4) is 0 Å². The van der Waals surface area contributed by atoms with Gasteiger partial charge in [-0.15, -0.1) is 11.8 Å². The molecule has 0 aromatic heterocycles. The zero-order valence-corrected chi connectivity index (χ0v) is 10.1. The van der Waals surface area contributed by atoms with Gasteiger partial charge in [-0.05, 0) is 30.7 Å². The lowest BCUT2D eigenvalue weighted by atomic mass is 10.3. The molecule has 1 rings (SSSR count). The topological polar surface area (TPSA) is 29.5 Å². The summed E-state index contributed by atoms with van der Waals surface area (Å²) in [5.74, 6) is 0.817. The first-order chi connectivity index (χ1) is 7.26. The van der Waals surface area contributed by atoms with Gasteiger partial charge >= 0.3 is 0 Å². The van der Waals surface area contributed by atoms with Gasteiger partial charge in [0.25, 0.3) is 0 Å². The Bertz CT molecular complexity index is 271. The Labute approximate surface area is 95.7 Å². The van der Waals surface area contributed by atoms with E-state index in [1.807, 2.05) is 23.9 Å². The van der Waals surface area contributed by atoms with Gasteiger partial charge in [0.05, 0.1) is 6.61 Å². The average molecular weight is 226 g/mol. The molecular weight excluding hydrogens is 208 g/mol. The molecule has 3 heteroatoms. The number of aliphatic hydroxyl groups excluding tert-OH is 1. The Balaban J connectivity index is 2.48. The number of hydrogen-bond acceptors (Lipinski definition) is 3. The van der Waals surface area contributed by atoms with Crippen molar-refractivity contribution in [3.63, 3.8) is 0 Å². The smallest absolute Gasteiger partial charge is 0.119 e. The summed E-state index contributed by atoms with van der Waals surface area (Å²) in [6, 6.07) is 8.01. The van der Waals surface area contributed by atoms with Gasteiger partial charge in [0.15, 0.2) is 0 Å². The van der Waals surface area contributed by atoms with Gasteiger partial charge in [-0.2, -0.15) is 0 Å². The van der Waals surface area contributed by atoms with Crippen LogP contribution in [-0.4, -0.2) is 23.6 Å². The van der Waals surface area contributed by atoms with Crippen molar-refractivity contribution in [3.05, 3.63) is 24.3 Å². The number of rotatable bonds is 6. The third kappa shape index (κ3) is 4.58. The van der Waals surface area contributed by atoms with Crippen LogP contribution < -0.4 is 4.74 Å². The number of benzene rings is 1. The van der Waals surface area contributed by atoms with Crippen molar-refractivity contribution in [3.8, 4) is 5.75 Å². The summed E-state index contributed by atoms with van der Waals surface area (Å²) >= 11 is 1.87. The second-order valence-corrected chi connectivity index (χ2v) is 4.89. The Hall–Kier alpha value is -0.670. The molecule has 15 heavy (non-hydrogen) atoms. The van der Waals surface area contributed by atoms with Gasteiger partial charge < -0.3 is 9.84 Å². The summed E-state index contributed by atoms with van der Waals surface area (Å²) in [4.78, 5) is 1.26. The van der Waals surface area contributed by atoms with Crippen LogP contribution in [0.2, 0.25) is 0 Å². The minimum Gasteiger partial charge on any atom is -0.491 e. The zero-order chi connectivity index (χ0) is 11.1. The predicted octanol–water partition coefficient (Wildman–Crippen LogP) is 2.95. The second-order valence-electron chi connectivity index (χ2n) is 3.38. The summed E-state index contributed by atoms with van der Waals surface area (Å²) in [7, 11) is 0. The first-order valence-electron chi connectivity index (χ1n) is 5.26. The van der Waals surface area contributed by atoms with Crippen molar-refractivity contribution in [1.82, 2.24) is 0 Å². The summed E-state index contributed by atoms with van der Waals surface area (Å²) in [6.07, 6.45) is 1.17. The summed E-state index contributed by atoms with van der Waals surface area (Å²) in [6.45, 7) is 4.83. The second kappa shape index (κ2) is 6.75. The number of hydrogen-bond donors (Lipinski definition) is 1. The molecule has 0 aliphatic rings. The fraction of sp³-hybridized carbons (Fsp3) is 0.500. The molecule has 0 aliphatic carbocycles. The maximum Gasteiger partial charge on any atom is 0.119 e. The fourth-order valence-electron chi connectivity index (χ4n) is 1.09. The van der Waals surface area contributed by atoms with Crippen molar-refractivity contribution in [2.24, 2.45) is 0 Å². The highest BCUT2D eigenvalue weighted by Crippen LogP contribution is 2.26. The Morgan fingerprint density at radius 2 is 2.00 bits per heavy atom. The van der Waals surface area contributed by atoms with E-state index in [4.69, 9.17) is 9.84 Å². The van der Waals surface area contributed by atoms with Crippen molar-refractivity contribution in [2.45, 2.75) is 30.4 Å². The highest BCUT2D eigenvalue weighted by atomic mass is 32.2. The van der Waals surface area contributed by atoms with Crippen LogP contribution in [0.25, 0.3) is 0 Å². The quantitative estimate of drug-likeness (QED) is 0.756. The molecule has 2 nitrogen and oxygen atoms in total. The van der Waals surface area contributed by atoms with E-state index in [9.17, 15) is 0 Å². The molecule has 0 saturated carbocycles. The van der Waals surface area contributed by atoms with Crippen LogP contribution in [0.5, 0.6) is 5.75 Å². The maximum absolute atomic E-state index is 8.60. The number of aliphatic hydroxyl groups is 1. The molecule has 1 aromatic carbocycles. The van der Waals surface area contributed by atoms with E-state index in [0.717, 1.165) is 5.75 Å². The third-order valence-corrected chi connectivity index (χ3v) is 3.38. The minimum absolute atomic E-state index is 0.0589. The Morgan fingerprint density at radius 1 is 1.33 bits per heavy atom. The largest absolute Gasteiger partial charge is 0.491 e. The predicted molar refractivity (Wildman–Crippen MR) is 64.6 cm³/mol. The maximum atomic E-state index is 8.60. The van der Waals surface area contributed by atoms with E-state index in [0.29, 0.717) is 11.9 Å². The molecule has 0 aliphatic heterocycles. The zero-order valence-electron chi connectivity index (χ0n) is 9.27. The molecule has 0 spiro atoms. The fourth-order valence-corrected chi connectivity index (χ4v) is 2.02. The lowest BCUT2D eigenvalue weighted by Crippen LogP contribution is -2.01. The molecule has 1 unspecified atom stereocenters. The molecule has 1 N–H and O–H groups in total. The van der Waals surface area contributed by atoms with Gasteiger partial charge in [-0.25, -0.2) is 0 Å². The Kier molecular flexibility index (Phi) is 5.58. The number of ether oxygens (including phenoxy) is 1. The van der Waals surface area contributed by atoms with Crippen LogP contribution in [0, 0.1) is 0 Å². The lowest BCUT2D eigenvalue weighted by molar-refractivity contribution is 0.201. The van der Waals surface area contributed by atoms with Gasteiger partial charge in [-0.3, -0.25) is 0 Å². The third-order valence-electron chi connectivity index (χ3n) is 2.10. The SMILES string of the molecule is CCC(C)Sc1ccc(OCCO)cc1. The van der Waals surface area contributed by atoms with E-state index >= 15 is 0 Å². The molecule has 0 amide bonds. The molecule has 1 aromatic rings. The molecule has 0 fully saturated rings. The molecule has 0 bridgehead atoms. The molecule has 1 atom stereocenters. The summed E-state index contributed by atoms with van der Waals surface area (Å²) in [5.41, 5.74) is 0. The molecule has 0 radical (unpaired) electrons. The van der Waals surface area contributed by atoms with E-state index in [2.05, 4.69) is 26.0 Å². The normalized spacial score (nSPS) is 12.5. The monoisotopic (exact) mass is 226 g/mol. The standard InChI is InChI=1S/C12H18O2S/c1-3-10(2)15-12-6-4-11(5-7-12)14-9-8-13/h4-7,10,13H,3,8-9H2,1-2H3. The van der Waals surface area contributed by atoms with Crippen LogP contribution in [0.15, 0.2) is 29.2 Å². The van der Waals surface area contributed by atoms with Crippen LogP contribution in [0.1, 0.15) is 20.3 Å². The summed E-state index contributed by atoms with van der Waals surface area (Å²) in [5, 5.41) is 9.25. The van der Waals surface area contributed by atoms with Crippen molar-refractivity contribution < 1.29 is 9.84 Å². The molecule has 0 heterocycles. The van der Waals surface area contributed by atoms with Crippen LogP contribution >= 0.6 is 11.8 Å². The van der Waals surface area contributed by atoms with E-state index in [1.165, 1.54) is 11.3 Å². The van der Waals surface area contributed by atoms with Crippen molar-refractivity contribution >= 4 is 11.8 Å². The summed E-state index contributed by atoms with van der Waals surface area (Å²) < 4.78 is 5.28. The van der Waals surface area contributed by atoms with Crippen molar-refractivity contribution in [2.75, 3.05) is 13.2 Å². The highest BCUT2D eigenvalue weighted by molar-refractivity contribution is 7.99. The lowest BCUT2D eigenvalue weighted by Gasteiger charge is -2.09. The minimum atomic E-state index is 0.0589. The molecule has 0 saturated heterocycles. The van der Waals surface area contributed by atoms with Gasteiger partial charge in [0, 0.05) is 10.1 Å². The highest BCUT2D eigenvalue weighted by Gasteiger charge is 2.01. The van der Waals surface area contributed by atoms with Gasteiger partial charge in [0.2, 0.25) is 0 Å². The number of thioether (sulfide) groups is 1. The van der Waals surface area contributed by atoms with E-state index in [-0.39, 0.29) is 6.61 Å². The van der Waals surface area contributed by atoms with E-state index in [1.54, 1.807) is 0 Å².